The summed E-state index contributed by atoms with van der Waals surface area (Å²) < 4.78 is 1.75. The van der Waals surface area contributed by atoms with Crippen molar-refractivity contribution >= 4 is 39.9 Å². The van der Waals surface area contributed by atoms with Gasteiger partial charge in [0.05, 0.1) is 4.92 Å². The second-order valence-corrected chi connectivity index (χ2v) is 7.19. The summed E-state index contributed by atoms with van der Waals surface area (Å²) in [4.78, 5) is 31.5. The molecule has 144 valence electrons. The number of carbonyl (C=O) groups is 1. The van der Waals surface area contributed by atoms with Crippen LogP contribution in [0.3, 0.4) is 0 Å². The van der Waals surface area contributed by atoms with Crippen molar-refractivity contribution in [2.75, 3.05) is 5.32 Å². The second-order valence-electron chi connectivity index (χ2n) is 6.14. The zero-order chi connectivity index (χ0) is 20.2. The van der Waals surface area contributed by atoms with E-state index in [1.165, 1.54) is 23.9 Å². The number of nitrogens with one attached hydrogen (secondary N) is 1. The molecule has 0 aliphatic heterocycles. The molecule has 0 saturated heterocycles. The third-order valence-corrected chi connectivity index (χ3v) is 5.03. The van der Waals surface area contributed by atoms with Crippen LogP contribution in [0.15, 0.2) is 83.2 Å². The van der Waals surface area contributed by atoms with Crippen LogP contribution in [0.2, 0.25) is 0 Å². The molecule has 0 bridgehead atoms. The highest BCUT2D eigenvalue weighted by atomic mass is 32.2. The molecular formula is C20H15N5O3S. The normalized spacial score (nSPS) is 10.8. The van der Waals surface area contributed by atoms with Crippen molar-refractivity contribution in [3.63, 3.8) is 0 Å². The molecule has 1 aromatic carbocycles. The van der Waals surface area contributed by atoms with Crippen molar-refractivity contribution in [3.05, 3.63) is 83.3 Å². The van der Waals surface area contributed by atoms with Gasteiger partial charge in [-0.25, -0.2) is 9.97 Å². The number of nitrogens with zero attached hydrogens (tertiary/aromatic N) is 4. The van der Waals surface area contributed by atoms with E-state index in [1.807, 2.05) is 18.2 Å². The molecule has 0 radical (unpaired) electrons. The number of fused-ring (bicyclic) bond motifs is 1. The van der Waals surface area contributed by atoms with Crippen LogP contribution >= 0.6 is 11.8 Å². The minimum Gasteiger partial charge on any atom is -0.338 e. The summed E-state index contributed by atoms with van der Waals surface area (Å²) >= 11 is 1.41. The Morgan fingerprint density at radius 3 is 2.72 bits per heavy atom. The standard InChI is InChI=1S/C20H15N5O3S/c26-18(13-24-10-7-14-11-16(25(27)28)4-5-17(14)24)23-15-6-9-22-20(12-15)29-19-3-1-2-8-21-19/h1-12H,13H2,(H,22,23,26). The van der Waals surface area contributed by atoms with Gasteiger partial charge in [-0.15, -0.1) is 0 Å². The topological polar surface area (TPSA) is 103 Å². The van der Waals surface area contributed by atoms with Gasteiger partial charge >= 0.3 is 0 Å². The van der Waals surface area contributed by atoms with Crippen molar-refractivity contribution in [3.8, 4) is 0 Å². The Kier molecular flexibility index (Phi) is 5.21. The number of nitro groups is 1. The average molecular weight is 405 g/mol. The summed E-state index contributed by atoms with van der Waals surface area (Å²) in [7, 11) is 0. The molecule has 0 saturated carbocycles. The van der Waals surface area contributed by atoms with Crippen LogP contribution in [0.4, 0.5) is 11.4 Å². The Bertz CT molecular complexity index is 1190. The van der Waals surface area contributed by atoms with Crippen molar-refractivity contribution in [2.45, 2.75) is 16.6 Å². The molecule has 29 heavy (non-hydrogen) atoms. The third kappa shape index (κ3) is 4.41. The number of benzene rings is 1. The fraction of sp³-hybridized carbons (Fsp3) is 0.0500. The number of carbonyl (C=O) groups excluding carboxylic acids is 1. The van der Waals surface area contributed by atoms with Gasteiger partial charge in [-0.05, 0) is 36.4 Å². The SMILES string of the molecule is O=C(Cn1ccc2cc([N+](=O)[O-])ccc21)Nc1ccnc(Sc2ccccn2)c1. The molecular weight excluding hydrogens is 390 g/mol. The number of hydrogen-bond acceptors (Lipinski definition) is 6. The Morgan fingerprint density at radius 2 is 1.93 bits per heavy atom. The van der Waals surface area contributed by atoms with Crippen molar-refractivity contribution < 1.29 is 9.72 Å². The number of non-ortho nitro benzene ring substituents is 1. The van der Waals surface area contributed by atoms with Gasteiger partial charge in [-0.2, -0.15) is 0 Å². The molecule has 8 nitrogen and oxygen atoms in total. The first-order valence-electron chi connectivity index (χ1n) is 8.66. The predicted octanol–water partition coefficient (Wildman–Crippen LogP) is 4.13. The largest absolute Gasteiger partial charge is 0.338 e. The summed E-state index contributed by atoms with van der Waals surface area (Å²) in [5.41, 5.74) is 1.41. The van der Waals surface area contributed by atoms with Crippen LogP contribution < -0.4 is 5.32 Å². The lowest BCUT2D eigenvalue weighted by atomic mass is 10.2. The average Bonchev–Trinajstić information content (AvgIpc) is 3.11. The van der Waals surface area contributed by atoms with Gasteiger partial charge in [-0.1, -0.05) is 17.8 Å². The quantitative estimate of drug-likeness (QED) is 0.382. The van der Waals surface area contributed by atoms with E-state index in [2.05, 4.69) is 15.3 Å². The van der Waals surface area contributed by atoms with E-state index < -0.39 is 4.92 Å². The minimum absolute atomic E-state index is 0.0226. The number of anilines is 1. The highest BCUT2D eigenvalue weighted by Gasteiger charge is 2.11. The van der Waals surface area contributed by atoms with Gasteiger partial charge in [0.15, 0.2) is 0 Å². The molecule has 0 fully saturated rings. The Hall–Kier alpha value is -3.72. The van der Waals surface area contributed by atoms with E-state index in [-0.39, 0.29) is 18.1 Å². The lowest BCUT2D eigenvalue weighted by Gasteiger charge is -2.08. The maximum absolute atomic E-state index is 12.5. The molecule has 0 unspecified atom stereocenters. The van der Waals surface area contributed by atoms with Crippen molar-refractivity contribution in [1.82, 2.24) is 14.5 Å². The van der Waals surface area contributed by atoms with E-state index >= 15 is 0 Å². The number of rotatable bonds is 6. The molecule has 4 rings (SSSR count). The maximum atomic E-state index is 12.5. The zero-order valence-electron chi connectivity index (χ0n) is 15.1. The monoisotopic (exact) mass is 405 g/mol. The molecule has 0 aliphatic rings. The first-order valence-corrected chi connectivity index (χ1v) is 9.48. The Balaban J connectivity index is 1.45. The van der Waals surface area contributed by atoms with Crippen LogP contribution in [0, 0.1) is 10.1 Å². The highest BCUT2D eigenvalue weighted by Crippen LogP contribution is 2.26. The Morgan fingerprint density at radius 1 is 1.07 bits per heavy atom. The van der Waals surface area contributed by atoms with E-state index in [4.69, 9.17) is 0 Å². The van der Waals surface area contributed by atoms with Gasteiger partial charge in [0.2, 0.25) is 5.91 Å². The molecule has 0 aliphatic carbocycles. The zero-order valence-corrected chi connectivity index (χ0v) is 15.9. The Labute approximate surface area is 169 Å². The maximum Gasteiger partial charge on any atom is 0.270 e. The van der Waals surface area contributed by atoms with Crippen molar-refractivity contribution in [2.24, 2.45) is 0 Å². The van der Waals surface area contributed by atoms with Gasteiger partial charge in [0.25, 0.3) is 5.69 Å². The van der Waals surface area contributed by atoms with Crippen LogP contribution in [0.5, 0.6) is 0 Å². The fourth-order valence-corrected chi connectivity index (χ4v) is 3.63. The first kappa shape index (κ1) is 18.6. The van der Waals surface area contributed by atoms with Gasteiger partial charge in [0, 0.05) is 47.3 Å². The molecule has 1 N–H and O–H groups in total. The van der Waals surface area contributed by atoms with Gasteiger partial charge in [-0.3, -0.25) is 14.9 Å². The third-order valence-electron chi connectivity index (χ3n) is 4.14. The van der Waals surface area contributed by atoms with Gasteiger partial charge < -0.3 is 9.88 Å². The molecule has 3 aromatic heterocycles. The summed E-state index contributed by atoms with van der Waals surface area (Å²) in [6, 6.07) is 15.5. The van der Waals surface area contributed by atoms with E-state index in [1.54, 1.807) is 47.4 Å². The summed E-state index contributed by atoms with van der Waals surface area (Å²) in [5, 5.41) is 16.0. The lowest BCUT2D eigenvalue weighted by Crippen LogP contribution is -2.18. The number of nitro benzene ring substituents is 1. The predicted molar refractivity (Wildman–Crippen MR) is 110 cm³/mol. The number of aromatic nitrogens is 3. The second kappa shape index (κ2) is 8.11. The van der Waals surface area contributed by atoms with Gasteiger partial charge in [0.1, 0.15) is 16.6 Å². The summed E-state index contributed by atoms with van der Waals surface area (Å²) in [6.07, 6.45) is 5.08. The number of pyridine rings is 2. The molecule has 3 heterocycles. The molecule has 0 atom stereocenters. The van der Waals surface area contributed by atoms with Crippen LogP contribution in [0.1, 0.15) is 0 Å². The lowest BCUT2D eigenvalue weighted by molar-refractivity contribution is -0.384. The summed E-state index contributed by atoms with van der Waals surface area (Å²) in [6.45, 7) is 0.0896. The van der Waals surface area contributed by atoms with Crippen LogP contribution in [-0.4, -0.2) is 25.4 Å². The van der Waals surface area contributed by atoms with Crippen LogP contribution in [0.25, 0.3) is 10.9 Å². The van der Waals surface area contributed by atoms with Crippen molar-refractivity contribution in [1.29, 1.82) is 0 Å². The molecule has 1 amide bonds. The fourth-order valence-electron chi connectivity index (χ4n) is 2.85. The molecule has 4 aromatic rings. The number of amides is 1. The smallest absolute Gasteiger partial charge is 0.270 e. The summed E-state index contributed by atoms with van der Waals surface area (Å²) in [5.74, 6) is -0.208. The highest BCUT2D eigenvalue weighted by molar-refractivity contribution is 7.99. The minimum atomic E-state index is -0.437. The first-order chi connectivity index (χ1) is 14.1. The van der Waals surface area contributed by atoms with E-state index in [9.17, 15) is 14.9 Å². The van der Waals surface area contributed by atoms with Crippen LogP contribution in [-0.2, 0) is 11.3 Å². The van der Waals surface area contributed by atoms with E-state index in [0.29, 0.717) is 11.1 Å². The van der Waals surface area contributed by atoms with E-state index in [0.717, 1.165) is 15.6 Å². The number of hydrogen-bond donors (Lipinski definition) is 1. The molecule has 0 spiro atoms. The molecule has 9 heteroatoms.